The Bertz CT molecular complexity index is 1440. The first-order chi connectivity index (χ1) is 14.9. The van der Waals surface area contributed by atoms with Gasteiger partial charge in [0.05, 0.1) is 23.2 Å². The number of benzene rings is 1. The van der Waals surface area contributed by atoms with Crippen molar-refractivity contribution in [1.82, 2.24) is 18.6 Å². The monoisotopic (exact) mass is 435 g/mol. The van der Waals surface area contributed by atoms with Gasteiger partial charge in [-0.25, -0.2) is 27.0 Å². The van der Waals surface area contributed by atoms with Gasteiger partial charge in [0.25, 0.3) is 10.0 Å². The lowest BCUT2D eigenvalue weighted by atomic mass is 10.0. The van der Waals surface area contributed by atoms with E-state index >= 15 is 0 Å². The maximum Gasteiger partial charge on any atom is 0.269 e. The van der Waals surface area contributed by atoms with Crippen molar-refractivity contribution >= 4 is 37.9 Å². The molecule has 2 unspecified atom stereocenters. The lowest BCUT2D eigenvalue weighted by Gasteiger charge is -2.36. The first-order valence-electron chi connectivity index (χ1n) is 10.4. The van der Waals surface area contributed by atoms with Crippen molar-refractivity contribution in [3.8, 4) is 0 Å². The highest BCUT2D eigenvalue weighted by molar-refractivity contribution is 7.90. The molecule has 2 fully saturated rings. The molecule has 2 atom stereocenters. The molecule has 3 aromatic heterocycles. The molecule has 2 aliphatic rings. The third kappa shape index (κ3) is 2.65. The van der Waals surface area contributed by atoms with Crippen molar-refractivity contribution in [2.45, 2.75) is 49.6 Å². The van der Waals surface area contributed by atoms with Crippen LogP contribution in [0, 0.1) is 6.92 Å². The van der Waals surface area contributed by atoms with Gasteiger partial charge >= 0.3 is 0 Å². The highest BCUT2D eigenvalue weighted by Crippen LogP contribution is 2.35. The maximum atomic E-state index is 13.3. The summed E-state index contributed by atoms with van der Waals surface area (Å²) in [4.78, 5) is 21.2. The molecule has 4 aromatic rings. The number of ketones is 1. The molecular weight excluding hydrogens is 414 g/mol. The minimum absolute atomic E-state index is 0.158. The number of fused-ring (bicyclic) bond motifs is 5. The maximum absolute atomic E-state index is 13.3. The summed E-state index contributed by atoms with van der Waals surface area (Å²) >= 11 is 0. The molecule has 9 heteroatoms. The van der Waals surface area contributed by atoms with E-state index in [1.54, 1.807) is 49.1 Å². The second-order valence-electron chi connectivity index (χ2n) is 8.46. The average molecular weight is 436 g/mol. The van der Waals surface area contributed by atoms with Gasteiger partial charge in [0.2, 0.25) is 0 Å². The normalized spacial score (nSPS) is 21.5. The fourth-order valence-electron chi connectivity index (χ4n) is 5.04. The highest BCUT2D eigenvalue weighted by Gasteiger charge is 2.41. The van der Waals surface area contributed by atoms with Crippen LogP contribution in [0.4, 0.5) is 0 Å². The van der Waals surface area contributed by atoms with Crippen LogP contribution in [0.25, 0.3) is 22.1 Å². The molecule has 0 N–H and O–H groups in total. The number of nitrogens with zero attached hydrogens (tertiary/aromatic N) is 5. The minimum atomic E-state index is -3.78. The summed E-state index contributed by atoms with van der Waals surface area (Å²) in [5, 5.41) is 2.98. The van der Waals surface area contributed by atoms with E-state index in [2.05, 4.69) is 15.0 Å². The number of carbonyl (C=O) groups is 1. The van der Waals surface area contributed by atoms with E-state index in [1.165, 1.54) is 3.97 Å². The Kier molecular flexibility index (Phi) is 3.83. The third-order valence-corrected chi connectivity index (χ3v) is 8.18. The zero-order chi connectivity index (χ0) is 21.3. The molecule has 0 aliphatic carbocycles. The Morgan fingerprint density at radius 1 is 1.00 bits per heavy atom. The summed E-state index contributed by atoms with van der Waals surface area (Å²) in [5.41, 5.74) is 2.90. The molecule has 5 heterocycles. The molecule has 31 heavy (non-hydrogen) atoms. The number of hydrogen-bond acceptors (Lipinski definition) is 6. The van der Waals surface area contributed by atoms with Crippen LogP contribution in [-0.4, -0.2) is 44.9 Å². The summed E-state index contributed by atoms with van der Waals surface area (Å²) in [6.07, 6.45) is 7.99. The fourth-order valence-corrected chi connectivity index (χ4v) is 6.34. The summed E-state index contributed by atoms with van der Waals surface area (Å²) < 4.78 is 29.8. The van der Waals surface area contributed by atoms with Crippen LogP contribution in [0.1, 0.15) is 31.2 Å². The van der Waals surface area contributed by atoms with Crippen LogP contribution in [0.2, 0.25) is 0 Å². The molecule has 0 radical (unpaired) electrons. The van der Waals surface area contributed by atoms with Crippen molar-refractivity contribution in [2.75, 3.05) is 5.01 Å². The molecule has 2 bridgehead atoms. The molecule has 0 saturated carbocycles. The molecule has 0 spiro atoms. The molecule has 2 saturated heterocycles. The summed E-state index contributed by atoms with van der Waals surface area (Å²) in [6.45, 7) is 1.92. The molecule has 1 aromatic carbocycles. The molecule has 158 valence electrons. The van der Waals surface area contributed by atoms with E-state index in [4.69, 9.17) is 0 Å². The predicted octanol–water partition coefficient (Wildman–Crippen LogP) is 2.76. The number of imidazole rings is 1. The SMILES string of the molecule is Cc1ccc(S(=O)(=O)n2ccc3c4c(cnc32)ncn4N2C3CCC2CC(=O)C3)cc1. The van der Waals surface area contributed by atoms with Crippen LogP contribution in [-0.2, 0) is 14.8 Å². The smallest absolute Gasteiger partial charge is 0.269 e. The van der Waals surface area contributed by atoms with Crippen molar-refractivity contribution in [3.05, 3.63) is 54.6 Å². The number of aromatic nitrogens is 4. The van der Waals surface area contributed by atoms with Gasteiger partial charge in [-0.1, -0.05) is 17.7 Å². The predicted molar refractivity (Wildman–Crippen MR) is 116 cm³/mol. The van der Waals surface area contributed by atoms with E-state index in [9.17, 15) is 13.2 Å². The van der Waals surface area contributed by atoms with E-state index in [-0.39, 0.29) is 17.0 Å². The number of pyridine rings is 1. The standard InChI is InChI=1S/C22H21N5O3S/c1-14-2-6-18(7-3-14)31(29,30)26-9-8-19-21-20(12-23-22(19)26)24-13-25(21)27-15-4-5-16(27)11-17(28)10-15/h2-3,6-9,12-13,15-16H,4-5,10-11H2,1H3. The van der Waals surface area contributed by atoms with Crippen LogP contribution >= 0.6 is 0 Å². The number of aryl methyl sites for hydroxylation is 1. The number of rotatable bonds is 3. The first-order valence-corrected chi connectivity index (χ1v) is 11.8. The number of Topliss-reactive ketones (excluding diaryl/α,β-unsaturated/α-hetero) is 1. The molecule has 2 aliphatic heterocycles. The minimum Gasteiger partial charge on any atom is -0.304 e. The number of hydrogen-bond donors (Lipinski definition) is 0. The molecular formula is C22H21N5O3S. The zero-order valence-corrected chi connectivity index (χ0v) is 17.8. The van der Waals surface area contributed by atoms with E-state index in [1.807, 2.05) is 11.6 Å². The lowest BCUT2D eigenvalue weighted by molar-refractivity contribution is -0.120. The van der Waals surface area contributed by atoms with Gasteiger partial charge in [-0.15, -0.1) is 0 Å². The van der Waals surface area contributed by atoms with Crippen molar-refractivity contribution in [3.63, 3.8) is 0 Å². The zero-order valence-electron chi connectivity index (χ0n) is 17.0. The van der Waals surface area contributed by atoms with E-state index in [0.29, 0.717) is 29.8 Å². The van der Waals surface area contributed by atoms with Gasteiger partial charge in [-0.3, -0.25) is 4.79 Å². The average Bonchev–Trinajstić information content (AvgIpc) is 3.42. The van der Waals surface area contributed by atoms with E-state index < -0.39 is 10.0 Å². The summed E-state index contributed by atoms with van der Waals surface area (Å²) in [7, 11) is -3.78. The Morgan fingerprint density at radius 3 is 2.42 bits per heavy atom. The Morgan fingerprint density at radius 2 is 1.71 bits per heavy atom. The molecule has 6 rings (SSSR count). The van der Waals surface area contributed by atoms with Crippen molar-refractivity contribution in [1.29, 1.82) is 0 Å². The van der Waals surface area contributed by atoms with Gasteiger partial charge in [-0.2, -0.15) is 0 Å². The number of carbonyl (C=O) groups excluding carboxylic acids is 1. The Labute approximate surface area is 179 Å². The summed E-state index contributed by atoms with van der Waals surface area (Å²) in [6, 6.07) is 8.89. The highest BCUT2D eigenvalue weighted by atomic mass is 32.2. The first kappa shape index (κ1) is 18.6. The lowest BCUT2D eigenvalue weighted by Crippen LogP contribution is -2.49. The number of piperidine rings is 1. The van der Waals surface area contributed by atoms with Gasteiger partial charge in [-0.05, 0) is 38.0 Å². The topological polar surface area (TPSA) is 90.1 Å². The van der Waals surface area contributed by atoms with Gasteiger partial charge < -0.3 is 5.01 Å². The van der Waals surface area contributed by atoms with Crippen LogP contribution in [0.15, 0.2) is 53.9 Å². The van der Waals surface area contributed by atoms with Crippen LogP contribution < -0.4 is 5.01 Å². The van der Waals surface area contributed by atoms with Crippen LogP contribution in [0.5, 0.6) is 0 Å². The third-order valence-electron chi connectivity index (χ3n) is 6.50. The van der Waals surface area contributed by atoms with Crippen LogP contribution in [0.3, 0.4) is 0 Å². The van der Waals surface area contributed by atoms with Crippen molar-refractivity contribution < 1.29 is 13.2 Å². The fraction of sp³-hybridized carbons (Fsp3) is 0.318. The largest absolute Gasteiger partial charge is 0.304 e. The second-order valence-corrected chi connectivity index (χ2v) is 10.3. The summed E-state index contributed by atoms with van der Waals surface area (Å²) in [5.74, 6) is 0.315. The quantitative estimate of drug-likeness (QED) is 0.492. The van der Waals surface area contributed by atoms with Gasteiger partial charge in [0.1, 0.15) is 23.1 Å². The van der Waals surface area contributed by atoms with Gasteiger partial charge in [0.15, 0.2) is 5.65 Å². The second kappa shape index (κ2) is 6.40. The Hall–Kier alpha value is -3.20. The molecule has 0 amide bonds. The van der Waals surface area contributed by atoms with E-state index in [0.717, 1.165) is 29.3 Å². The van der Waals surface area contributed by atoms with Crippen molar-refractivity contribution in [2.24, 2.45) is 0 Å². The van der Waals surface area contributed by atoms with Gasteiger partial charge in [0, 0.05) is 24.4 Å². The Balaban J connectivity index is 1.53. The molecule has 8 nitrogen and oxygen atoms in total.